The average molecular weight is 420 g/mol. The molecule has 0 aliphatic carbocycles. The Labute approximate surface area is 173 Å². The van der Waals surface area contributed by atoms with Gasteiger partial charge in [0.25, 0.3) is 11.6 Å². The van der Waals surface area contributed by atoms with Gasteiger partial charge in [-0.05, 0) is 56.3 Å². The second-order valence-electron chi connectivity index (χ2n) is 6.63. The smallest absolute Gasteiger partial charge is 0.284 e. The number of halogens is 1. The van der Waals surface area contributed by atoms with Gasteiger partial charge in [-0.25, -0.2) is 0 Å². The number of hydrogen-bond acceptors (Lipinski definition) is 5. The Kier molecular flexibility index (Phi) is 6.93. The summed E-state index contributed by atoms with van der Waals surface area (Å²) < 4.78 is 0. The lowest BCUT2D eigenvalue weighted by Gasteiger charge is -2.22. The summed E-state index contributed by atoms with van der Waals surface area (Å²) in [4.78, 5) is 27.2. The second-order valence-corrected chi connectivity index (χ2v) is 8.19. The van der Waals surface area contributed by atoms with Gasteiger partial charge in [0.2, 0.25) is 0 Å². The Morgan fingerprint density at radius 1 is 1.36 bits per heavy atom. The van der Waals surface area contributed by atoms with Crippen molar-refractivity contribution in [2.24, 2.45) is 0 Å². The maximum absolute atomic E-state index is 12.5. The van der Waals surface area contributed by atoms with Gasteiger partial charge >= 0.3 is 0 Å². The van der Waals surface area contributed by atoms with Crippen molar-refractivity contribution in [3.05, 3.63) is 63.2 Å². The first-order chi connectivity index (χ1) is 13.5. The summed E-state index contributed by atoms with van der Waals surface area (Å²) in [5.41, 5.74) is 0.205. The SMILES string of the molecule is CCN1CCCC1CNC(=O)c1ccc(Sc2cccc(Cl)c2)c([N+](=O)[O-])c1. The van der Waals surface area contributed by atoms with Crippen LogP contribution in [0.2, 0.25) is 5.02 Å². The standard InChI is InChI=1S/C20H22ClN3O3S/c1-2-23-10-4-6-16(23)13-22-20(25)14-8-9-19(18(11-14)24(26)27)28-17-7-3-5-15(21)12-17/h3,5,7-9,11-12,16H,2,4,6,10,13H2,1H3,(H,22,25). The van der Waals surface area contributed by atoms with Crippen molar-refractivity contribution >= 4 is 35.0 Å². The minimum atomic E-state index is -0.459. The summed E-state index contributed by atoms with van der Waals surface area (Å²) in [6.45, 7) is 4.68. The second kappa shape index (κ2) is 9.41. The number of nitro benzene ring substituents is 1. The zero-order valence-corrected chi connectivity index (χ0v) is 17.1. The van der Waals surface area contributed by atoms with Gasteiger partial charge in [0.15, 0.2) is 0 Å². The fourth-order valence-electron chi connectivity index (χ4n) is 3.40. The monoisotopic (exact) mass is 419 g/mol. The Balaban J connectivity index is 1.72. The van der Waals surface area contributed by atoms with E-state index in [1.54, 1.807) is 30.3 Å². The Bertz CT molecular complexity index is 878. The molecule has 1 saturated heterocycles. The number of amides is 1. The first kappa shape index (κ1) is 20.6. The fourth-order valence-corrected chi connectivity index (χ4v) is 4.62. The lowest BCUT2D eigenvalue weighted by atomic mass is 10.1. The van der Waals surface area contributed by atoms with Crippen LogP contribution >= 0.6 is 23.4 Å². The molecule has 1 fully saturated rings. The van der Waals surface area contributed by atoms with Crippen LogP contribution in [0.4, 0.5) is 5.69 Å². The van der Waals surface area contributed by atoms with E-state index in [4.69, 9.17) is 11.6 Å². The number of carbonyl (C=O) groups is 1. The van der Waals surface area contributed by atoms with Crippen molar-refractivity contribution in [2.45, 2.75) is 35.6 Å². The maximum Gasteiger partial charge on any atom is 0.284 e. The highest BCUT2D eigenvalue weighted by molar-refractivity contribution is 7.99. The number of likely N-dealkylation sites (N-methyl/N-ethyl adjacent to an activating group) is 1. The highest BCUT2D eigenvalue weighted by Crippen LogP contribution is 2.36. The van der Waals surface area contributed by atoms with E-state index in [1.807, 2.05) is 6.07 Å². The average Bonchev–Trinajstić information content (AvgIpc) is 3.14. The van der Waals surface area contributed by atoms with Crippen molar-refractivity contribution in [2.75, 3.05) is 19.6 Å². The molecule has 8 heteroatoms. The molecule has 0 spiro atoms. The van der Waals surface area contributed by atoms with E-state index in [0.717, 1.165) is 30.8 Å². The Morgan fingerprint density at radius 2 is 2.18 bits per heavy atom. The number of benzene rings is 2. The highest BCUT2D eigenvalue weighted by atomic mass is 35.5. The lowest BCUT2D eigenvalue weighted by molar-refractivity contribution is -0.387. The third-order valence-electron chi connectivity index (χ3n) is 4.85. The van der Waals surface area contributed by atoms with Gasteiger partial charge in [-0.3, -0.25) is 19.8 Å². The number of carbonyl (C=O) groups excluding carboxylic acids is 1. The van der Waals surface area contributed by atoms with Crippen LogP contribution in [-0.2, 0) is 0 Å². The molecular formula is C20H22ClN3O3S. The summed E-state index contributed by atoms with van der Waals surface area (Å²) in [5, 5.41) is 15.0. The lowest BCUT2D eigenvalue weighted by Crippen LogP contribution is -2.40. The molecule has 1 aliphatic heterocycles. The van der Waals surface area contributed by atoms with E-state index in [9.17, 15) is 14.9 Å². The predicted octanol–water partition coefficient (Wildman–Crippen LogP) is 4.61. The first-order valence-corrected chi connectivity index (χ1v) is 10.4. The number of nitrogens with one attached hydrogen (secondary N) is 1. The van der Waals surface area contributed by atoms with Gasteiger partial charge in [0.05, 0.1) is 9.82 Å². The molecule has 148 valence electrons. The van der Waals surface area contributed by atoms with E-state index in [2.05, 4.69) is 17.1 Å². The summed E-state index contributed by atoms with van der Waals surface area (Å²) in [5.74, 6) is -0.287. The van der Waals surface area contributed by atoms with Crippen molar-refractivity contribution in [3.8, 4) is 0 Å². The molecule has 6 nitrogen and oxygen atoms in total. The van der Waals surface area contributed by atoms with Gasteiger partial charge in [-0.2, -0.15) is 0 Å². The Hall–Kier alpha value is -2.09. The van der Waals surface area contributed by atoms with Crippen molar-refractivity contribution in [3.63, 3.8) is 0 Å². The normalized spacial score (nSPS) is 16.9. The van der Waals surface area contributed by atoms with Crippen LogP contribution in [-0.4, -0.2) is 41.4 Å². The molecule has 0 bridgehead atoms. The minimum absolute atomic E-state index is 0.0892. The van der Waals surface area contributed by atoms with Crippen molar-refractivity contribution < 1.29 is 9.72 Å². The molecule has 1 atom stereocenters. The Morgan fingerprint density at radius 3 is 2.89 bits per heavy atom. The molecule has 0 radical (unpaired) electrons. The first-order valence-electron chi connectivity index (χ1n) is 9.22. The van der Waals surface area contributed by atoms with Crippen molar-refractivity contribution in [1.29, 1.82) is 0 Å². The van der Waals surface area contributed by atoms with Crippen LogP contribution in [0.1, 0.15) is 30.1 Å². The van der Waals surface area contributed by atoms with Gasteiger partial charge in [-0.15, -0.1) is 0 Å². The molecule has 3 rings (SSSR count). The minimum Gasteiger partial charge on any atom is -0.350 e. The summed E-state index contributed by atoms with van der Waals surface area (Å²) in [6, 6.07) is 12.0. The molecule has 1 aliphatic rings. The molecule has 2 aromatic rings. The van der Waals surface area contributed by atoms with Crippen LogP contribution in [0.5, 0.6) is 0 Å². The molecule has 0 saturated carbocycles. The topological polar surface area (TPSA) is 75.5 Å². The van der Waals surface area contributed by atoms with Crippen LogP contribution in [0.15, 0.2) is 52.3 Å². The number of likely N-dealkylation sites (tertiary alicyclic amines) is 1. The highest BCUT2D eigenvalue weighted by Gasteiger charge is 2.24. The molecule has 1 heterocycles. The third-order valence-corrected chi connectivity index (χ3v) is 6.14. The summed E-state index contributed by atoms with van der Waals surface area (Å²) in [7, 11) is 0. The molecule has 0 aromatic heterocycles. The largest absolute Gasteiger partial charge is 0.350 e. The van der Waals surface area contributed by atoms with Gasteiger partial charge in [-0.1, -0.05) is 36.4 Å². The van der Waals surface area contributed by atoms with E-state index in [0.29, 0.717) is 28.1 Å². The van der Waals surface area contributed by atoms with Crippen LogP contribution in [0.3, 0.4) is 0 Å². The van der Waals surface area contributed by atoms with E-state index < -0.39 is 4.92 Å². The molecule has 1 amide bonds. The van der Waals surface area contributed by atoms with E-state index >= 15 is 0 Å². The van der Waals surface area contributed by atoms with Crippen LogP contribution in [0, 0.1) is 10.1 Å². The van der Waals surface area contributed by atoms with Gasteiger partial charge < -0.3 is 5.32 Å². The zero-order valence-electron chi connectivity index (χ0n) is 15.6. The number of nitrogens with zero attached hydrogens (tertiary/aromatic N) is 2. The quantitative estimate of drug-likeness (QED) is 0.523. The van der Waals surface area contributed by atoms with Gasteiger partial charge in [0.1, 0.15) is 0 Å². The third kappa shape index (κ3) is 5.04. The van der Waals surface area contributed by atoms with Crippen LogP contribution < -0.4 is 5.32 Å². The zero-order chi connectivity index (χ0) is 20.1. The maximum atomic E-state index is 12.5. The van der Waals surface area contributed by atoms with E-state index in [1.165, 1.54) is 17.8 Å². The predicted molar refractivity (Wildman–Crippen MR) is 111 cm³/mol. The molecule has 1 unspecified atom stereocenters. The van der Waals surface area contributed by atoms with Crippen molar-refractivity contribution in [1.82, 2.24) is 10.2 Å². The molecule has 1 N–H and O–H groups in total. The number of nitro groups is 1. The van der Waals surface area contributed by atoms with E-state index in [-0.39, 0.29) is 11.6 Å². The molecule has 2 aromatic carbocycles. The molecule has 28 heavy (non-hydrogen) atoms. The number of hydrogen-bond donors (Lipinski definition) is 1. The molecular weight excluding hydrogens is 398 g/mol. The van der Waals surface area contributed by atoms with Gasteiger partial charge in [0, 0.05) is 34.1 Å². The fraction of sp³-hybridized carbons (Fsp3) is 0.350. The number of rotatable bonds is 7. The summed E-state index contributed by atoms with van der Waals surface area (Å²) in [6.07, 6.45) is 2.19. The van der Waals surface area contributed by atoms with Crippen LogP contribution in [0.25, 0.3) is 0 Å². The summed E-state index contributed by atoms with van der Waals surface area (Å²) >= 11 is 7.24.